The Bertz CT molecular complexity index is 463. The van der Waals surface area contributed by atoms with Gasteiger partial charge in [-0.1, -0.05) is 13.8 Å². The van der Waals surface area contributed by atoms with Gasteiger partial charge < -0.3 is 10.6 Å². The molecule has 3 heteroatoms. The van der Waals surface area contributed by atoms with E-state index in [0.29, 0.717) is 29.1 Å². The molecule has 1 amide bonds. The van der Waals surface area contributed by atoms with Crippen molar-refractivity contribution in [2.75, 3.05) is 12.3 Å². The number of piperidine rings is 1. The van der Waals surface area contributed by atoms with Gasteiger partial charge in [0.15, 0.2) is 0 Å². The summed E-state index contributed by atoms with van der Waals surface area (Å²) in [7, 11) is 0. The van der Waals surface area contributed by atoms with Crippen molar-refractivity contribution in [3.63, 3.8) is 0 Å². The lowest BCUT2D eigenvalue weighted by Gasteiger charge is -2.41. The predicted molar refractivity (Wildman–Crippen MR) is 79.0 cm³/mol. The highest BCUT2D eigenvalue weighted by atomic mass is 16.2. The molecule has 2 rings (SSSR count). The lowest BCUT2D eigenvalue weighted by Crippen LogP contribution is -2.48. The van der Waals surface area contributed by atoms with Gasteiger partial charge in [-0.05, 0) is 55.9 Å². The number of rotatable bonds is 1. The smallest absolute Gasteiger partial charge is 0.254 e. The third kappa shape index (κ3) is 2.91. The third-order valence-corrected chi connectivity index (χ3v) is 4.21. The molecule has 104 valence electrons. The van der Waals surface area contributed by atoms with Crippen LogP contribution >= 0.6 is 0 Å². The summed E-state index contributed by atoms with van der Waals surface area (Å²) < 4.78 is 0. The average Bonchev–Trinajstić information content (AvgIpc) is 2.31. The first kappa shape index (κ1) is 13.9. The molecule has 1 heterocycles. The van der Waals surface area contributed by atoms with E-state index < -0.39 is 0 Å². The second kappa shape index (κ2) is 5.24. The van der Waals surface area contributed by atoms with E-state index in [4.69, 9.17) is 5.73 Å². The van der Waals surface area contributed by atoms with Crippen LogP contribution in [0.2, 0.25) is 0 Å². The molecule has 1 saturated heterocycles. The number of aryl methyl sites for hydroxylation is 1. The molecule has 0 bridgehead atoms. The highest BCUT2D eigenvalue weighted by Crippen LogP contribution is 2.28. The summed E-state index contributed by atoms with van der Waals surface area (Å²) >= 11 is 0. The van der Waals surface area contributed by atoms with Gasteiger partial charge in [0.1, 0.15) is 0 Å². The minimum Gasteiger partial charge on any atom is -0.399 e. The minimum atomic E-state index is 0.112. The maximum Gasteiger partial charge on any atom is 0.254 e. The molecule has 1 aliphatic heterocycles. The van der Waals surface area contributed by atoms with Crippen molar-refractivity contribution in [2.24, 2.45) is 11.8 Å². The highest BCUT2D eigenvalue weighted by Gasteiger charge is 2.32. The Labute approximate surface area is 115 Å². The van der Waals surface area contributed by atoms with Crippen molar-refractivity contribution in [3.8, 4) is 0 Å². The number of amides is 1. The molecular formula is C16H24N2O. The van der Waals surface area contributed by atoms with Gasteiger partial charge in [0.05, 0.1) is 0 Å². The quantitative estimate of drug-likeness (QED) is 0.789. The van der Waals surface area contributed by atoms with Crippen LogP contribution in [0, 0.1) is 18.8 Å². The summed E-state index contributed by atoms with van der Waals surface area (Å²) in [4.78, 5) is 14.7. The maximum absolute atomic E-state index is 12.7. The van der Waals surface area contributed by atoms with Gasteiger partial charge in [-0.15, -0.1) is 0 Å². The van der Waals surface area contributed by atoms with E-state index in [0.717, 1.165) is 12.1 Å². The van der Waals surface area contributed by atoms with Crippen molar-refractivity contribution in [3.05, 3.63) is 29.3 Å². The lowest BCUT2D eigenvalue weighted by atomic mass is 9.85. The number of benzene rings is 1. The second-order valence-corrected chi connectivity index (χ2v) is 6.15. The van der Waals surface area contributed by atoms with Crippen molar-refractivity contribution < 1.29 is 4.79 Å². The normalized spacial score (nSPS) is 27.4. The van der Waals surface area contributed by atoms with Gasteiger partial charge in [-0.2, -0.15) is 0 Å². The van der Waals surface area contributed by atoms with Crippen LogP contribution in [0.5, 0.6) is 0 Å². The number of nitrogens with two attached hydrogens (primary N) is 1. The van der Waals surface area contributed by atoms with Crippen LogP contribution in [0.15, 0.2) is 18.2 Å². The molecule has 1 aromatic carbocycles. The summed E-state index contributed by atoms with van der Waals surface area (Å²) in [6.07, 6.45) is 1.20. The van der Waals surface area contributed by atoms with Gasteiger partial charge in [-0.3, -0.25) is 4.79 Å². The monoisotopic (exact) mass is 260 g/mol. The van der Waals surface area contributed by atoms with E-state index in [9.17, 15) is 4.79 Å². The molecule has 0 aromatic heterocycles. The molecule has 0 aliphatic carbocycles. The summed E-state index contributed by atoms with van der Waals surface area (Å²) in [6.45, 7) is 9.41. The Kier molecular flexibility index (Phi) is 3.83. The van der Waals surface area contributed by atoms with Crippen LogP contribution in [-0.4, -0.2) is 23.4 Å². The molecule has 3 nitrogen and oxygen atoms in total. The molecule has 1 aromatic rings. The summed E-state index contributed by atoms with van der Waals surface area (Å²) in [6, 6.07) is 5.90. The van der Waals surface area contributed by atoms with Gasteiger partial charge in [0, 0.05) is 23.8 Å². The van der Waals surface area contributed by atoms with Gasteiger partial charge in [0.2, 0.25) is 0 Å². The molecule has 3 atom stereocenters. The van der Waals surface area contributed by atoms with Gasteiger partial charge in [0.25, 0.3) is 5.91 Å². The fraction of sp³-hybridized carbons (Fsp3) is 0.562. The number of anilines is 1. The van der Waals surface area contributed by atoms with Crippen LogP contribution in [0.4, 0.5) is 5.69 Å². The van der Waals surface area contributed by atoms with E-state index >= 15 is 0 Å². The van der Waals surface area contributed by atoms with Gasteiger partial charge >= 0.3 is 0 Å². The number of nitrogens with zero attached hydrogens (tertiary/aromatic N) is 1. The van der Waals surface area contributed by atoms with Crippen LogP contribution < -0.4 is 5.73 Å². The SMILES string of the molecule is Cc1cc(N)cc(C(=O)N2CC(C)CC(C)C2C)c1. The Hall–Kier alpha value is -1.51. The van der Waals surface area contributed by atoms with Crippen LogP contribution in [0.1, 0.15) is 43.1 Å². The molecule has 0 saturated carbocycles. The number of hydrogen-bond acceptors (Lipinski definition) is 2. The molecule has 2 N–H and O–H groups in total. The number of nitrogen functional groups attached to an aromatic ring is 1. The fourth-order valence-corrected chi connectivity index (χ4v) is 3.09. The maximum atomic E-state index is 12.7. The van der Waals surface area contributed by atoms with E-state index in [1.807, 2.05) is 24.0 Å². The van der Waals surface area contributed by atoms with E-state index in [1.165, 1.54) is 6.42 Å². The first-order chi connectivity index (χ1) is 8.88. The van der Waals surface area contributed by atoms with E-state index in [1.54, 1.807) is 6.07 Å². The molecule has 3 unspecified atom stereocenters. The van der Waals surface area contributed by atoms with Crippen LogP contribution in [0.3, 0.4) is 0 Å². The Morgan fingerprint density at radius 1 is 1.26 bits per heavy atom. The fourth-order valence-electron chi connectivity index (χ4n) is 3.09. The summed E-state index contributed by atoms with van der Waals surface area (Å²) in [5.74, 6) is 1.23. The van der Waals surface area contributed by atoms with Crippen molar-refractivity contribution in [1.82, 2.24) is 4.90 Å². The number of carbonyl (C=O) groups excluding carboxylic acids is 1. The molecular weight excluding hydrogens is 236 g/mol. The van der Waals surface area contributed by atoms with Crippen LogP contribution in [-0.2, 0) is 0 Å². The highest BCUT2D eigenvalue weighted by molar-refractivity contribution is 5.95. The topological polar surface area (TPSA) is 46.3 Å². The minimum absolute atomic E-state index is 0.112. The summed E-state index contributed by atoms with van der Waals surface area (Å²) in [5.41, 5.74) is 8.26. The molecule has 1 aliphatic rings. The standard InChI is InChI=1S/C16H24N2O/c1-10-6-14(8-15(17)7-10)16(19)18-9-11(2)5-12(3)13(18)4/h6-8,11-13H,5,9,17H2,1-4H3. The lowest BCUT2D eigenvalue weighted by molar-refractivity contribution is 0.0455. The largest absolute Gasteiger partial charge is 0.399 e. The van der Waals surface area contributed by atoms with Crippen molar-refractivity contribution in [2.45, 2.75) is 40.2 Å². The number of likely N-dealkylation sites (tertiary alicyclic amines) is 1. The predicted octanol–water partition coefficient (Wildman–Crippen LogP) is 3.08. The van der Waals surface area contributed by atoms with Crippen molar-refractivity contribution >= 4 is 11.6 Å². The molecule has 0 radical (unpaired) electrons. The van der Waals surface area contributed by atoms with E-state index in [-0.39, 0.29) is 5.91 Å². The molecule has 1 fully saturated rings. The zero-order valence-corrected chi connectivity index (χ0v) is 12.3. The zero-order chi connectivity index (χ0) is 14.2. The number of carbonyl (C=O) groups is 1. The Balaban J connectivity index is 2.27. The second-order valence-electron chi connectivity index (χ2n) is 6.15. The molecule has 0 spiro atoms. The summed E-state index contributed by atoms with van der Waals surface area (Å²) in [5, 5.41) is 0. The number of hydrogen-bond donors (Lipinski definition) is 1. The Morgan fingerprint density at radius 2 is 1.95 bits per heavy atom. The third-order valence-electron chi connectivity index (χ3n) is 4.21. The van der Waals surface area contributed by atoms with Gasteiger partial charge in [-0.25, -0.2) is 0 Å². The zero-order valence-electron chi connectivity index (χ0n) is 12.3. The van der Waals surface area contributed by atoms with E-state index in [2.05, 4.69) is 20.8 Å². The average molecular weight is 260 g/mol. The van der Waals surface area contributed by atoms with Crippen molar-refractivity contribution in [1.29, 1.82) is 0 Å². The van der Waals surface area contributed by atoms with Crippen LogP contribution in [0.25, 0.3) is 0 Å². The molecule has 19 heavy (non-hydrogen) atoms. The Morgan fingerprint density at radius 3 is 2.58 bits per heavy atom. The first-order valence-electron chi connectivity index (χ1n) is 7.06. The first-order valence-corrected chi connectivity index (χ1v) is 7.06.